The van der Waals surface area contributed by atoms with Crippen LogP contribution in [0.4, 0.5) is 0 Å². The van der Waals surface area contributed by atoms with E-state index in [1.807, 2.05) is 18.2 Å². The maximum absolute atomic E-state index is 13.1. The summed E-state index contributed by atoms with van der Waals surface area (Å²) in [6, 6.07) is 15.5. The van der Waals surface area contributed by atoms with Gasteiger partial charge in [-0.05, 0) is 56.0 Å². The molecule has 2 aliphatic heterocycles. The number of piperidine rings is 1. The summed E-state index contributed by atoms with van der Waals surface area (Å²) < 4.78 is 27.8. The largest absolute Gasteiger partial charge is 0.349 e. The molecule has 0 saturated carbocycles. The quantitative estimate of drug-likeness (QED) is 0.728. The zero-order valence-electron chi connectivity index (χ0n) is 18.8. The molecule has 33 heavy (non-hydrogen) atoms. The summed E-state index contributed by atoms with van der Waals surface area (Å²) in [6.45, 7) is 2.09. The average molecular weight is 470 g/mol. The van der Waals surface area contributed by atoms with Crippen LogP contribution in [0, 0.1) is 0 Å². The van der Waals surface area contributed by atoms with Gasteiger partial charge in [-0.2, -0.15) is 4.31 Å². The fourth-order valence-electron chi connectivity index (χ4n) is 4.49. The zero-order chi connectivity index (χ0) is 23.3. The Kier molecular flexibility index (Phi) is 7.45. The van der Waals surface area contributed by atoms with Gasteiger partial charge < -0.3 is 10.2 Å². The molecule has 8 heteroatoms. The van der Waals surface area contributed by atoms with E-state index in [0.29, 0.717) is 50.1 Å². The zero-order valence-corrected chi connectivity index (χ0v) is 19.6. The Morgan fingerprint density at radius 2 is 1.42 bits per heavy atom. The van der Waals surface area contributed by atoms with E-state index in [2.05, 4.69) is 5.32 Å². The minimum Gasteiger partial charge on any atom is -0.349 e. The monoisotopic (exact) mass is 469 g/mol. The minimum absolute atomic E-state index is 0.0107. The average Bonchev–Trinajstić information content (AvgIpc) is 3.15. The highest BCUT2D eigenvalue weighted by molar-refractivity contribution is 7.89. The summed E-state index contributed by atoms with van der Waals surface area (Å²) in [6.07, 6.45) is 5.16. The summed E-state index contributed by atoms with van der Waals surface area (Å²) in [5.41, 5.74) is 1.01. The van der Waals surface area contributed by atoms with E-state index >= 15 is 0 Å². The lowest BCUT2D eigenvalue weighted by Crippen LogP contribution is -2.46. The summed E-state index contributed by atoms with van der Waals surface area (Å²) in [7, 11) is -3.61. The SMILES string of the molecule is O=C(NC1CCN(C(=O)c2cccc(S(=O)(=O)N3CCCCCC3)c2)CC1)c1ccccc1. The minimum atomic E-state index is -3.61. The highest BCUT2D eigenvalue weighted by Gasteiger charge is 2.28. The van der Waals surface area contributed by atoms with Gasteiger partial charge in [0.1, 0.15) is 0 Å². The number of hydrogen-bond acceptors (Lipinski definition) is 4. The molecule has 0 unspecified atom stereocenters. The summed E-state index contributed by atoms with van der Waals surface area (Å²) >= 11 is 0. The summed E-state index contributed by atoms with van der Waals surface area (Å²) in [4.78, 5) is 27.4. The summed E-state index contributed by atoms with van der Waals surface area (Å²) in [5.74, 6) is -0.275. The molecular formula is C25H31N3O4S. The number of amides is 2. The van der Waals surface area contributed by atoms with Gasteiger partial charge in [-0.15, -0.1) is 0 Å². The molecule has 0 bridgehead atoms. The van der Waals surface area contributed by atoms with E-state index in [1.54, 1.807) is 39.5 Å². The number of likely N-dealkylation sites (tertiary alicyclic amines) is 1. The number of carbonyl (C=O) groups is 2. The first-order valence-corrected chi connectivity index (χ1v) is 13.1. The molecule has 0 aromatic heterocycles. The predicted octanol–water partition coefficient (Wildman–Crippen LogP) is 3.29. The van der Waals surface area contributed by atoms with Gasteiger partial charge in [0.05, 0.1) is 4.90 Å². The number of rotatable bonds is 5. The third-order valence-electron chi connectivity index (χ3n) is 6.44. The second-order valence-electron chi connectivity index (χ2n) is 8.75. The molecule has 1 N–H and O–H groups in total. The molecule has 2 fully saturated rings. The van der Waals surface area contributed by atoms with Gasteiger partial charge in [0.15, 0.2) is 0 Å². The molecule has 2 saturated heterocycles. The molecular weight excluding hydrogens is 438 g/mol. The Labute approximate surface area is 195 Å². The first-order valence-electron chi connectivity index (χ1n) is 11.7. The van der Waals surface area contributed by atoms with Crippen LogP contribution in [0.25, 0.3) is 0 Å². The van der Waals surface area contributed by atoms with E-state index in [4.69, 9.17) is 0 Å². The van der Waals surface area contributed by atoms with Crippen LogP contribution in [0.1, 0.15) is 59.2 Å². The van der Waals surface area contributed by atoms with Crippen molar-refractivity contribution in [2.24, 2.45) is 0 Å². The van der Waals surface area contributed by atoms with Crippen molar-refractivity contribution in [2.75, 3.05) is 26.2 Å². The molecule has 4 rings (SSSR count). The van der Waals surface area contributed by atoms with Crippen LogP contribution >= 0.6 is 0 Å². The van der Waals surface area contributed by atoms with Crippen molar-refractivity contribution in [1.82, 2.24) is 14.5 Å². The normalized spacial score (nSPS) is 18.5. The molecule has 2 aromatic carbocycles. The number of sulfonamides is 1. The Bertz CT molecular complexity index is 1070. The van der Waals surface area contributed by atoms with Crippen molar-refractivity contribution >= 4 is 21.8 Å². The van der Waals surface area contributed by atoms with E-state index in [0.717, 1.165) is 25.7 Å². The highest BCUT2D eigenvalue weighted by Crippen LogP contribution is 2.22. The van der Waals surface area contributed by atoms with Crippen LogP contribution in [0.5, 0.6) is 0 Å². The number of carbonyl (C=O) groups excluding carboxylic acids is 2. The lowest BCUT2D eigenvalue weighted by atomic mass is 10.0. The number of nitrogens with zero attached hydrogens (tertiary/aromatic N) is 2. The third-order valence-corrected chi connectivity index (χ3v) is 8.33. The molecule has 0 spiro atoms. The maximum Gasteiger partial charge on any atom is 0.253 e. The Morgan fingerprint density at radius 1 is 0.788 bits per heavy atom. The fraction of sp³-hybridized carbons (Fsp3) is 0.440. The number of nitrogens with one attached hydrogen (secondary N) is 1. The first kappa shape index (κ1) is 23.4. The van der Waals surface area contributed by atoms with Crippen molar-refractivity contribution in [3.63, 3.8) is 0 Å². The Hall–Kier alpha value is -2.71. The second-order valence-corrected chi connectivity index (χ2v) is 10.7. The van der Waals surface area contributed by atoms with E-state index in [9.17, 15) is 18.0 Å². The molecule has 176 valence electrons. The Morgan fingerprint density at radius 3 is 2.09 bits per heavy atom. The number of benzene rings is 2. The maximum atomic E-state index is 13.1. The molecule has 0 radical (unpaired) electrons. The van der Waals surface area contributed by atoms with Crippen LogP contribution in [0.2, 0.25) is 0 Å². The predicted molar refractivity (Wildman–Crippen MR) is 127 cm³/mol. The summed E-state index contributed by atoms with van der Waals surface area (Å²) in [5, 5.41) is 3.04. The fourth-order valence-corrected chi connectivity index (χ4v) is 6.05. The smallest absolute Gasteiger partial charge is 0.253 e. The lowest BCUT2D eigenvalue weighted by molar-refractivity contribution is 0.0698. The third kappa shape index (κ3) is 5.62. The molecule has 0 atom stereocenters. The van der Waals surface area contributed by atoms with Gasteiger partial charge in [0, 0.05) is 43.3 Å². The van der Waals surface area contributed by atoms with Crippen LogP contribution in [-0.2, 0) is 10.0 Å². The van der Waals surface area contributed by atoms with Gasteiger partial charge in [-0.1, -0.05) is 37.1 Å². The van der Waals surface area contributed by atoms with Crippen molar-refractivity contribution in [1.29, 1.82) is 0 Å². The highest BCUT2D eigenvalue weighted by atomic mass is 32.2. The van der Waals surface area contributed by atoms with E-state index in [-0.39, 0.29) is 22.8 Å². The second kappa shape index (κ2) is 10.5. The Balaban J connectivity index is 1.37. The lowest BCUT2D eigenvalue weighted by Gasteiger charge is -2.32. The van der Waals surface area contributed by atoms with E-state index in [1.165, 1.54) is 6.07 Å². The van der Waals surface area contributed by atoms with Gasteiger partial charge in [-0.25, -0.2) is 8.42 Å². The van der Waals surface area contributed by atoms with Crippen LogP contribution in [-0.4, -0.2) is 61.7 Å². The molecule has 7 nitrogen and oxygen atoms in total. The van der Waals surface area contributed by atoms with E-state index < -0.39 is 10.0 Å². The number of hydrogen-bond donors (Lipinski definition) is 1. The standard InChI is InChI=1S/C25H31N3O4S/c29-24(20-9-4-3-5-10-20)26-22-13-17-27(18-14-22)25(30)21-11-8-12-23(19-21)33(31,32)28-15-6-1-2-7-16-28/h3-5,8-12,19,22H,1-2,6-7,13-18H2,(H,26,29). The van der Waals surface area contributed by atoms with Gasteiger partial charge >= 0.3 is 0 Å². The van der Waals surface area contributed by atoms with Gasteiger partial charge in [-0.3, -0.25) is 9.59 Å². The molecule has 0 aliphatic carbocycles. The van der Waals surface area contributed by atoms with Crippen molar-refractivity contribution in [3.05, 3.63) is 65.7 Å². The molecule has 2 aromatic rings. The van der Waals surface area contributed by atoms with Crippen LogP contribution in [0.3, 0.4) is 0 Å². The first-order chi connectivity index (χ1) is 15.9. The van der Waals surface area contributed by atoms with Crippen LogP contribution < -0.4 is 5.32 Å². The van der Waals surface area contributed by atoms with Crippen molar-refractivity contribution < 1.29 is 18.0 Å². The van der Waals surface area contributed by atoms with Gasteiger partial charge in [0.2, 0.25) is 10.0 Å². The van der Waals surface area contributed by atoms with Crippen molar-refractivity contribution in [2.45, 2.75) is 49.5 Å². The van der Waals surface area contributed by atoms with Gasteiger partial charge in [0.25, 0.3) is 11.8 Å². The molecule has 2 heterocycles. The molecule has 2 aliphatic rings. The van der Waals surface area contributed by atoms with Crippen LogP contribution in [0.15, 0.2) is 59.5 Å². The topological polar surface area (TPSA) is 86.8 Å². The molecule has 2 amide bonds. The van der Waals surface area contributed by atoms with Crippen molar-refractivity contribution in [3.8, 4) is 0 Å².